The van der Waals surface area contributed by atoms with Gasteiger partial charge in [0.25, 0.3) is 0 Å². The van der Waals surface area contributed by atoms with Gasteiger partial charge in [-0.15, -0.1) is 0 Å². The zero-order chi connectivity index (χ0) is 14.7. The molecule has 1 atom stereocenters. The fraction of sp³-hybridized carbons (Fsp3) is 0.444. The number of aromatic nitrogens is 1. The van der Waals surface area contributed by atoms with Crippen LogP contribution >= 0.6 is 0 Å². The van der Waals surface area contributed by atoms with Gasteiger partial charge in [0, 0.05) is 23.1 Å². The Morgan fingerprint density at radius 2 is 1.75 bits per heavy atom. The molecular formula is C18H26N2. The molecule has 20 heavy (non-hydrogen) atoms. The molecular weight excluding hydrogens is 244 g/mol. The highest BCUT2D eigenvalue weighted by Crippen LogP contribution is 2.22. The summed E-state index contributed by atoms with van der Waals surface area (Å²) in [6.45, 7) is 8.81. The number of nitrogens with two attached hydrogens (primary N) is 1. The van der Waals surface area contributed by atoms with Crippen LogP contribution in [0.1, 0.15) is 37.2 Å². The Morgan fingerprint density at radius 1 is 1.10 bits per heavy atom. The molecule has 1 heterocycles. The number of hydrogen-bond donors (Lipinski definition) is 1. The predicted molar refractivity (Wildman–Crippen MR) is 86.4 cm³/mol. The normalized spacial score (nSPS) is 12.9. The number of aryl methyl sites for hydroxylation is 1. The third-order valence-corrected chi connectivity index (χ3v) is 3.81. The second kappa shape index (κ2) is 6.27. The van der Waals surface area contributed by atoms with Crippen molar-refractivity contribution in [2.24, 2.45) is 11.7 Å². The van der Waals surface area contributed by atoms with E-state index < -0.39 is 0 Å². The number of benzene rings is 1. The Morgan fingerprint density at radius 3 is 2.35 bits per heavy atom. The highest BCUT2D eigenvalue weighted by molar-refractivity contribution is 5.41. The average molecular weight is 270 g/mol. The second-order valence-corrected chi connectivity index (χ2v) is 6.16. The monoisotopic (exact) mass is 270 g/mol. The Kier molecular flexibility index (Phi) is 4.66. The van der Waals surface area contributed by atoms with Crippen molar-refractivity contribution < 1.29 is 0 Å². The molecule has 1 unspecified atom stereocenters. The molecule has 0 aliphatic heterocycles. The van der Waals surface area contributed by atoms with Gasteiger partial charge in [0.1, 0.15) is 0 Å². The van der Waals surface area contributed by atoms with Crippen LogP contribution in [0.15, 0.2) is 36.4 Å². The molecule has 1 aromatic carbocycles. The maximum atomic E-state index is 6.26. The van der Waals surface area contributed by atoms with Crippen molar-refractivity contribution in [1.29, 1.82) is 0 Å². The molecule has 1 aromatic heterocycles. The zero-order valence-corrected chi connectivity index (χ0v) is 13.1. The van der Waals surface area contributed by atoms with Gasteiger partial charge in [-0.1, -0.05) is 32.0 Å². The summed E-state index contributed by atoms with van der Waals surface area (Å²) in [5.41, 5.74) is 11.5. The van der Waals surface area contributed by atoms with Crippen molar-refractivity contribution >= 4 is 0 Å². The van der Waals surface area contributed by atoms with Crippen LogP contribution in [0.5, 0.6) is 0 Å². The van der Waals surface area contributed by atoms with Gasteiger partial charge < -0.3 is 10.3 Å². The lowest BCUT2D eigenvalue weighted by atomic mass is 9.98. The van der Waals surface area contributed by atoms with E-state index in [2.05, 4.69) is 68.7 Å². The van der Waals surface area contributed by atoms with Crippen molar-refractivity contribution in [3.8, 4) is 5.69 Å². The summed E-state index contributed by atoms with van der Waals surface area (Å²) >= 11 is 0. The Labute approximate surface area is 122 Å². The van der Waals surface area contributed by atoms with Crippen LogP contribution in [-0.4, -0.2) is 10.6 Å². The third kappa shape index (κ3) is 3.31. The van der Waals surface area contributed by atoms with Crippen LogP contribution in [0.2, 0.25) is 0 Å². The molecule has 0 radical (unpaired) electrons. The van der Waals surface area contributed by atoms with Gasteiger partial charge in [0.2, 0.25) is 0 Å². The fourth-order valence-corrected chi connectivity index (χ4v) is 2.98. The molecule has 0 fully saturated rings. The summed E-state index contributed by atoms with van der Waals surface area (Å²) in [6.07, 6.45) is 2.04. The number of rotatable bonds is 5. The van der Waals surface area contributed by atoms with E-state index >= 15 is 0 Å². The summed E-state index contributed by atoms with van der Waals surface area (Å²) in [6, 6.07) is 13.0. The third-order valence-electron chi connectivity index (χ3n) is 3.81. The van der Waals surface area contributed by atoms with Gasteiger partial charge in [0.05, 0.1) is 0 Å². The standard InChI is InChI=1S/C18H26N2/c1-13(2)10-17(19)12-16-11-14(3)20(15(16)4)18-8-6-5-7-9-18/h5-9,11,13,17H,10,12,19H2,1-4H3. The minimum Gasteiger partial charge on any atom is -0.327 e. The van der Waals surface area contributed by atoms with Crippen LogP contribution in [0.25, 0.3) is 5.69 Å². The van der Waals surface area contributed by atoms with E-state index in [1.54, 1.807) is 0 Å². The van der Waals surface area contributed by atoms with Gasteiger partial charge in [-0.05, 0) is 56.4 Å². The van der Waals surface area contributed by atoms with E-state index in [4.69, 9.17) is 5.73 Å². The first-order chi connectivity index (χ1) is 9.49. The number of nitrogens with zero attached hydrogens (tertiary/aromatic N) is 1. The maximum Gasteiger partial charge on any atom is 0.0455 e. The summed E-state index contributed by atoms with van der Waals surface area (Å²) in [4.78, 5) is 0. The Balaban J connectivity index is 2.26. The van der Waals surface area contributed by atoms with Gasteiger partial charge in [-0.3, -0.25) is 0 Å². The maximum absolute atomic E-state index is 6.26. The fourth-order valence-electron chi connectivity index (χ4n) is 2.98. The van der Waals surface area contributed by atoms with Crippen molar-refractivity contribution in [2.75, 3.05) is 0 Å². The smallest absolute Gasteiger partial charge is 0.0455 e. The molecule has 0 saturated carbocycles. The Bertz CT molecular complexity index is 552. The van der Waals surface area contributed by atoms with E-state index in [9.17, 15) is 0 Å². The second-order valence-electron chi connectivity index (χ2n) is 6.16. The summed E-state index contributed by atoms with van der Waals surface area (Å²) in [7, 11) is 0. The minimum atomic E-state index is 0.250. The van der Waals surface area contributed by atoms with Crippen molar-refractivity contribution in [3.05, 3.63) is 53.3 Å². The van der Waals surface area contributed by atoms with Crippen molar-refractivity contribution in [1.82, 2.24) is 4.57 Å². The summed E-state index contributed by atoms with van der Waals surface area (Å²) in [5.74, 6) is 0.655. The zero-order valence-electron chi connectivity index (χ0n) is 13.1. The van der Waals surface area contributed by atoms with Crippen LogP contribution in [-0.2, 0) is 6.42 Å². The molecule has 108 valence electrons. The van der Waals surface area contributed by atoms with Gasteiger partial charge in [-0.25, -0.2) is 0 Å². The van der Waals surface area contributed by atoms with E-state index in [1.165, 1.54) is 22.6 Å². The molecule has 2 rings (SSSR count). The lowest BCUT2D eigenvalue weighted by Gasteiger charge is -2.14. The first-order valence-corrected chi connectivity index (χ1v) is 7.48. The molecule has 0 amide bonds. The quantitative estimate of drug-likeness (QED) is 0.874. The van der Waals surface area contributed by atoms with E-state index in [0.29, 0.717) is 5.92 Å². The number of para-hydroxylation sites is 1. The van der Waals surface area contributed by atoms with Crippen molar-refractivity contribution in [3.63, 3.8) is 0 Å². The topological polar surface area (TPSA) is 30.9 Å². The van der Waals surface area contributed by atoms with E-state index in [-0.39, 0.29) is 6.04 Å². The van der Waals surface area contributed by atoms with E-state index in [1.807, 2.05) is 0 Å². The molecule has 0 saturated heterocycles. The van der Waals surface area contributed by atoms with Crippen molar-refractivity contribution in [2.45, 2.75) is 46.6 Å². The molecule has 0 aliphatic rings. The molecule has 2 nitrogen and oxygen atoms in total. The van der Waals surface area contributed by atoms with Gasteiger partial charge in [-0.2, -0.15) is 0 Å². The highest BCUT2D eigenvalue weighted by Gasteiger charge is 2.14. The first-order valence-electron chi connectivity index (χ1n) is 7.48. The highest BCUT2D eigenvalue weighted by atomic mass is 15.0. The molecule has 0 bridgehead atoms. The SMILES string of the molecule is Cc1cc(CC(N)CC(C)C)c(C)n1-c1ccccc1. The average Bonchev–Trinajstić information content (AvgIpc) is 2.64. The van der Waals surface area contributed by atoms with E-state index in [0.717, 1.165) is 12.8 Å². The van der Waals surface area contributed by atoms with Gasteiger partial charge in [0.15, 0.2) is 0 Å². The Hall–Kier alpha value is -1.54. The van der Waals surface area contributed by atoms with Crippen LogP contribution in [0, 0.1) is 19.8 Å². The summed E-state index contributed by atoms with van der Waals surface area (Å²) in [5, 5.41) is 0. The predicted octanol–water partition coefficient (Wildman–Crippen LogP) is 4.01. The molecule has 0 spiro atoms. The van der Waals surface area contributed by atoms with Crippen LogP contribution in [0.3, 0.4) is 0 Å². The van der Waals surface area contributed by atoms with Gasteiger partial charge >= 0.3 is 0 Å². The van der Waals surface area contributed by atoms with Crippen LogP contribution < -0.4 is 5.73 Å². The summed E-state index contributed by atoms with van der Waals surface area (Å²) < 4.78 is 2.32. The molecule has 2 aromatic rings. The van der Waals surface area contributed by atoms with Crippen LogP contribution in [0.4, 0.5) is 0 Å². The minimum absolute atomic E-state index is 0.250. The molecule has 2 N–H and O–H groups in total. The first kappa shape index (κ1) is 14.9. The lowest BCUT2D eigenvalue weighted by Crippen LogP contribution is -2.24. The lowest BCUT2D eigenvalue weighted by molar-refractivity contribution is 0.493. The molecule has 2 heteroatoms. The molecule has 0 aliphatic carbocycles. The number of hydrogen-bond acceptors (Lipinski definition) is 1. The largest absolute Gasteiger partial charge is 0.327 e.